The molecule has 0 saturated carbocycles. The van der Waals surface area contributed by atoms with Gasteiger partial charge in [-0.2, -0.15) is 0 Å². The lowest BCUT2D eigenvalue weighted by atomic mass is 10.1. The molecule has 0 fully saturated rings. The molecule has 0 radical (unpaired) electrons. The largest absolute Gasteiger partial charge is 0.491 e. The number of carbonyl (C=O) groups is 2. The Kier molecular flexibility index (Phi) is 7.79. The predicted molar refractivity (Wildman–Crippen MR) is 136 cm³/mol. The number of amides is 2. The van der Waals surface area contributed by atoms with E-state index in [4.69, 9.17) is 17.0 Å². The van der Waals surface area contributed by atoms with Crippen LogP contribution in [0.25, 0.3) is 0 Å². The maximum atomic E-state index is 12.9. The number of rotatable bonds is 6. The Hall–Kier alpha value is -3.71. The summed E-state index contributed by atoms with van der Waals surface area (Å²) in [6, 6.07) is 19.5. The summed E-state index contributed by atoms with van der Waals surface area (Å²) in [5.74, 6) is 0.0443. The lowest BCUT2D eigenvalue weighted by Gasteiger charge is -2.14. The Morgan fingerprint density at radius 1 is 0.848 bits per heavy atom. The zero-order valence-corrected chi connectivity index (χ0v) is 19.9. The first-order valence-electron chi connectivity index (χ1n) is 10.6. The first kappa shape index (κ1) is 23.9. The molecule has 0 aromatic heterocycles. The van der Waals surface area contributed by atoms with Crippen LogP contribution in [0.15, 0.2) is 66.7 Å². The van der Waals surface area contributed by atoms with E-state index < -0.39 is 0 Å². The Morgan fingerprint density at radius 2 is 1.55 bits per heavy atom. The van der Waals surface area contributed by atoms with Gasteiger partial charge in [-0.15, -0.1) is 0 Å². The van der Waals surface area contributed by atoms with Gasteiger partial charge in [0.05, 0.1) is 17.4 Å². The quantitative estimate of drug-likeness (QED) is 0.424. The monoisotopic (exact) mass is 461 g/mol. The second-order valence-corrected chi connectivity index (χ2v) is 8.31. The summed E-state index contributed by atoms with van der Waals surface area (Å²) in [5, 5.41) is 8.59. The third-order valence-electron chi connectivity index (χ3n) is 4.90. The molecule has 0 bridgehead atoms. The van der Waals surface area contributed by atoms with Crippen molar-refractivity contribution in [1.29, 1.82) is 0 Å². The summed E-state index contributed by atoms with van der Waals surface area (Å²) >= 11 is 5.30. The van der Waals surface area contributed by atoms with Crippen LogP contribution in [-0.2, 0) is 0 Å². The number of nitrogens with one attached hydrogen (secondary N) is 3. The topological polar surface area (TPSA) is 79.5 Å². The van der Waals surface area contributed by atoms with Crippen LogP contribution in [0.4, 0.5) is 11.4 Å². The maximum Gasteiger partial charge on any atom is 0.257 e. The van der Waals surface area contributed by atoms with E-state index in [-0.39, 0.29) is 23.0 Å². The zero-order chi connectivity index (χ0) is 24.0. The number of ether oxygens (including phenoxy) is 1. The van der Waals surface area contributed by atoms with Gasteiger partial charge in [0, 0.05) is 11.3 Å². The summed E-state index contributed by atoms with van der Waals surface area (Å²) in [7, 11) is 0. The molecule has 0 unspecified atom stereocenters. The first-order chi connectivity index (χ1) is 15.7. The van der Waals surface area contributed by atoms with E-state index in [0.29, 0.717) is 28.3 Å². The molecular formula is C26H27N3O3S. The van der Waals surface area contributed by atoms with Crippen molar-refractivity contribution in [3.63, 3.8) is 0 Å². The van der Waals surface area contributed by atoms with E-state index in [1.54, 1.807) is 48.5 Å². The first-order valence-corrected chi connectivity index (χ1v) is 11.0. The van der Waals surface area contributed by atoms with Gasteiger partial charge in [-0.3, -0.25) is 14.9 Å². The fourth-order valence-electron chi connectivity index (χ4n) is 3.09. The average molecular weight is 462 g/mol. The average Bonchev–Trinajstić information content (AvgIpc) is 2.76. The number of para-hydroxylation sites is 1. The highest BCUT2D eigenvalue weighted by atomic mass is 32.1. The molecule has 3 aromatic rings. The van der Waals surface area contributed by atoms with Gasteiger partial charge in [-0.1, -0.05) is 18.2 Å². The van der Waals surface area contributed by atoms with Crippen molar-refractivity contribution in [3.05, 3.63) is 89.0 Å². The Bertz CT molecular complexity index is 1170. The van der Waals surface area contributed by atoms with Gasteiger partial charge >= 0.3 is 0 Å². The van der Waals surface area contributed by atoms with Crippen molar-refractivity contribution in [1.82, 2.24) is 5.32 Å². The molecule has 3 aromatic carbocycles. The third kappa shape index (κ3) is 6.63. The van der Waals surface area contributed by atoms with Gasteiger partial charge in [-0.25, -0.2) is 0 Å². The minimum Gasteiger partial charge on any atom is -0.491 e. The van der Waals surface area contributed by atoms with E-state index >= 15 is 0 Å². The third-order valence-corrected chi connectivity index (χ3v) is 5.10. The molecule has 0 aliphatic carbocycles. The Labute approximate surface area is 199 Å². The highest BCUT2D eigenvalue weighted by Crippen LogP contribution is 2.19. The van der Waals surface area contributed by atoms with Crippen molar-refractivity contribution >= 4 is 40.5 Å². The second-order valence-electron chi connectivity index (χ2n) is 7.90. The number of hydrogen-bond donors (Lipinski definition) is 3. The standard InChI is InChI=1S/C26H27N3O3S/c1-16(2)32-21-13-10-19(11-14-21)24(30)29-26(33)28-23-8-6-5-7-22(23)25(31)27-20-12-9-17(3)18(4)15-20/h5-16H,1-4H3,(H,27,31)(H2,28,29,30,33). The van der Waals surface area contributed by atoms with Crippen molar-refractivity contribution in [2.45, 2.75) is 33.8 Å². The minimum absolute atomic E-state index is 0.0498. The van der Waals surface area contributed by atoms with Gasteiger partial charge in [-0.05, 0) is 99.6 Å². The molecule has 3 N–H and O–H groups in total. The molecule has 33 heavy (non-hydrogen) atoms. The molecule has 0 aliphatic heterocycles. The fraction of sp³-hybridized carbons (Fsp3) is 0.192. The lowest BCUT2D eigenvalue weighted by molar-refractivity contribution is 0.0976. The number of carbonyl (C=O) groups excluding carboxylic acids is 2. The van der Waals surface area contributed by atoms with Crippen LogP contribution in [0, 0.1) is 13.8 Å². The predicted octanol–water partition coefficient (Wildman–Crippen LogP) is 5.47. The SMILES string of the molecule is Cc1ccc(NC(=O)c2ccccc2NC(=S)NC(=O)c2ccc(OC(C)C)cc2)cc1C. The zero-order valence-electron chi connectivity index (χ0n) is 19.1. The number of anilines is 2. The number of benzene rings is 3. The maximum absolute atomic E-state index is 12.9. The molecule has 3 rings (SSSR count). The molecule has 0 atom stereocenters. The molecule has 0 heterocycles. The van der Waals surface area contributed by atoms with Crippen molar-refractivity contribution < 1.29 is 14.3 Å². The van der Waals surface area contributed by atoms with Crippen molar-refractivity contribution in [2.75, 3.05) is 10.6 Å². The number of thiocarbonyl (C=S) groups is 1. The summed E-state index contributed by atoms with van der Waals surface area (Å²) in [6.45, 7) is 7.88. The lowest BCUT2D eigenvalue weighted by Crippen LogP contribution is -2.34. The molecule has 0 saturated heterocycles. The fourth-order valence-corrected chi connectivity index (χ4v) is 3.30. The van der Waals surface area contributed by atoms with Gasteiger partial charge in [0.15, 0.2) is 5.11 Å². The van der Waals surface area contributed by atoms with E-state index in [9.17, 15) is 9.59 Å². The Balaban J connectivity index is 1.66. The van der Waals surface area contributed by atoms with Crippen LogP contribution in [0.2, 0.25) is 0 Å². The molecule has 7 heteroatoms. The Morgan fingerprint density at radius 3 is 2.21 bits per heavy atom. The second kappa shape index (κ2) is 10.7. The molecule has 170 valence electrons. The summed E-state index contributed by atoms with van der Waals surface area (Å²) < 4.78 is 5.59. The molecule has 0 spiro atoms. The summed E-state index contributed by atoms with van der Waals surface area (Å²) in [6.07, 6.45) is 0.0498. The molecular weight excluding hydrogens is 434 g/mol. The van der Waals surface area contributed by atoms with Crippen molar-refractivity contribution in [3.8, 4) is 5.75 Å². The summed E-state index contributed by atoms with van der Waals surface area (Å²) in [4.78, 5) is 25.4. The highest BCUT2D eigenvalue weighted by molar-refractivity contribution is 7.80. The van der Waals surface area contributed by atoms with E-state index in [1.807, 2.05) is 45.9 Å². The number of hydrogen-bond acceptors (Lipinski definition) is 4. The van der Waals surface area contributed by atoms with Gasteiger partial charge in [0.25, 0.3) is 11.8 Å². The number of aryl methyl sites for hydroxylation is 2. The smallest absolute Gasteiger partial charge is 0.257 e. The van der Waals surface area contributed by atoms with Crippen LogP contribution < -0.4 is 20.7 Å². The van der Waals surface area contributed by atoms with Crippen molar-refractivity contribution in [2.24, 2.45) is 0 Å². The van der Waals surface area contributed by atoms with Crippen LogP contribution in [-0.4, -0.2) is 23.0 Å². The van der Waals surface area contributed by atoms with E-state index in [2.05, 4.69) is 16.0 Å². The van der Waals surface area contributed by atoms with Crippen LogP contribution in [0.5, 0.6) is 5.75 Å². The minimum atomic E-state index is -0.360. The molecule has 2 amide bonds. The van der Waals surface area contributed by atoms with Crippen LogP contribution in [0.3, 0.4) is 0 Å². The van der Waals surface area contributed by atoms with Crippen LogP contribution >= 0.6 is 12.2 Å². The van der Waals surface area contributed by atoms with E-state index in [0.717, 1.165) is 11.1 Å². The van der Waals surface area contributed by atoms with E-state index in [1.165, 1.54) is 0 Å². The van der Waals surface area contributed by atoms with Gasteiger partial charge in [0.1, 0.15) is 5.75 Å². The van der Waals surface area contributed by atoms with Gasteiger partial charge in [0.2, 0.25) is 0 Å². The van der Waals surface area contributed by atoms with Gasteiger partial charge < -0.3 is 15.4 Å². The highest BCUT2D eigenvalue weighted by Gasteiger charge is 2.14. The molecule has 0 aliphatic rings. The van der Waals surface area contributed by atoms with Crippen LogP contribution in [0.1, 0.15) is 45.7 Å². The summed E-state index contributed by atoms with van der Waals surface area (Å²) in [5.41, 5.74) is 4.28. The molecule has 6 nitrogen and oxygen atoms in total. The normalized spacial score (nSPS) is 10.5.